The molecule has 2 rings (SSSR count). The zero-order chi connectivity index (χ0) is 13.7. The summed E-state index contributed by atoms with van der Waals surface area (Å²) < 4.78 is 0. The molecule has 0 aromatic heterocycles. The molecule has 1 aliphatic rings. The molecule has 0 bridgehead atoms. The van der Waals surface area contributed by atoms with E-state index in [2.05, 4.69) is 55.5 Å². The molecule has 0 amide bonds. The first-order valence-electron chi connectivity index (χ1n) is 7.61. The molecule has 1 aromatic rings. The molecule has 2 heteroatoms. The summed E-state index contributed by atoms with van der Waals surface area (Å²) in [7, 11) is 4.26. The Bertz CT molecular complexity index is 387. The minimum Gasteiger partial charge on any atom is -0.310 e. The van der Waals surface area contributed by atoms with E-state index in [9.17, 15) is 0 Å². The lowest BCUT2D eigenvalue weighted by Gasteiger charge is -2.30. The van der Waals surface area contributed by atoms with Crippen molar-refractivity contribution in [1.29, 1.82) is 0 Å². The normalized spacial score (nSPS) is 23.8. The van der Waals surface area contributed by atoms with Gasteiger partial charge < -0.3 is 10.2 Å². The molecule has 0 saturated heterocycles. The summed E-state index contributed by atoms with van der Waals surface area (Å²) in [6.07, 6.45) is 5.53. The summed E-state index contributed by atoms with van der Waals surface area (Å²) in [5, 5.41) is 3.78. The van der Waals surface area contributed by atoms with Gasteiger partial charge in [0.15, 0.2) is 0 Å². The molecular formula is C17H28N2. The lowest BCUT2D eigenvalue weighted by molar-refractivity contribution is 0.279. The Kier molecular flexibility index (Phi) is 5.41. The minimum atomic E-state index is 0.709. The third-order valence-corrected chi connectivity index (χ3v) is 4.27. The maximum absolute atomic E-state index is 3.78. The van der Waals surface area contributed by atoms with Gasteiger partial charge in [-0.3, -0.25) is 0 Å². The summed E-state index contributed by atoms with van der Waals surface area (Å²) in [4.78, 5) is 2.24. The third kappa shape index (κ3) is 4.32. The van der Waals surface area contributed by atoms with Crippen LogP contribution in [0.2, 0.25) is 0 Å². The van der Waals surface area contributed by atoms with Gasteiger partial charge in [-0.1, -0.05) is 44.0 Å². The van der Waals surface area contributed by atoms with Crippen molar-refractivity contribution in [1.82, 2.24) is 10.2 Å². The quantitative estimate of drug-likeness (QED) is 0.872. The van der Waals surface area contributed by atoms with Crippen LogP contribution < -0.4 is 5.32 Å². The second-order valence-electron chi connectivity index (χ2n) is 6.26. The maximum atomic E-state index is 3.78. The highest BCUT2D eigenvalue weighted by atomic mass is 15.0. The summed E-state index contributed by atoms with van der Waals surface area (Å²) in [6, 6.07) is 9.52. The molecule has 1 saturated carbocycles. The smallest absolute Gasteiger partial charge is 0.0230 e. The molecule has 106 valence electrons. The van der Waals surface area contributed by atoms with Crippen LogP contribution in [-0.2, 0) is 13.1 Å². The predicted molar refractivity (Wildman–Crippen MR) is 82.1 cm³/mol. The van der Waals surface area contributed by atoms with Gasteiger partial charge in [-0.05, 0) is 44.0 Å². The summed E-state index contributed by atoms with van der Waals surface area (Å²) in [5.74, 6) is 0.828. The van der Waals surface area contributed by atoms with Gasteiger partial charge in [0.05, 0.1) is 0 Å². The van der Waals surface area contributed by atoms with Gasteiger partial charge in [0, 0.05) is 19.1 Å². The Hall–Kier alpha value is -0.860. The first kappa shape index (κ1) is 14.5. The van der Waals surface area contributed by atoms with E-state index >= 15 is 0 Å². The summed E-state index contributed by atoms with van der Waals surface area (Å²) in [6.45, 7) is 4.43. The number of hydrogen-bond donors (Lipinski definition) is 1. The zero-order valence-corrected chi connectivity index (χ0v) is 12.7. The van der Waals surface area contributed by atoms with Crippen LogP contribution >= 0.6 is 0 Å². The van der Waals surface area contributed by atoms with Crippen molar-refractivity contribution in [3.63, 3.8) is 0 Å². The maximum Gasteiger partial charge on any atom is 0.0230 e. The van der Waals surface area contributed by atoms with Gasteiger partial charge in [-0.15, -0.1) is 0 Å². The van der Waals surface area contributed by atoms with Crippen LogP contribution in [0.5, 0.6) is 0 Å². The number of rotatable bonds is 5. The van der Waals surface area contributed by atoms with Crippen LogP contribution in [0.25, 0.3) is 0 Å². The summed E-state index contributed by atoms with van der Waals surface area (Å²) >= 11 is 0. The van der Waals surface area contributed by atoms with Crippen molar-refractivity contribution in [2.45, 2.75) is 51.7 Å². The van der Waals surface area contributed by atoms with E-state index in [0.29, 0.717) is 6.04 Å². The van der Waals surface area contributed by atoms with Crippen LogP contribution in [0, 0.1) is 5.92 Å². The molecule has 1 fully saturated rings. The SMILES string of the molecule is CC1CCCCC1NCc1ccccc1CN(C)C. The van der Waals surface area contributed by atoms with Crippen molar-refractivity contribution in [2.24, 2.45) is 5.92 Å². The monoisotopic (exact) mass is 260 g/mol. The van der Waals surface area contributed by atoms with Gasteiger partial charge in [0.2, 0.25) is 0 Å². The van der Waals surface area contributed by atoms with E-state index in [-0.39, 0.29) is 0 Å². The average molecular weight is 260 g/mol. The predicted octanol–water partition coefficient (Wildman–Crippen LogP) is 3.42. The van der Waals surface area contributed by atoms with Crippen LogP contribution in [0.3, 0.4) is 0 Å². The molecule has 19 heavy (non-hydrogen) atoms. The van der Waals surface area contributed by atoms with Crippen molar-refractivity contribution in [3.05, 3.63) is 35.4 Å². The second kappa shape index (κ2) is 7.06. The van der Waals surface area contributed by atoms with Crippen molar-refractivity contribution in [2.75, 3.05) is 14.1 Å². The second-order valence-corrected chi connectivity index (χ2v) is 6.26. The van der Waals surface area contributed by atoms with E-state index in [4.69, 9.17) is 0 Å². The molecule has 0 heterocycles. The number of hydrogen-bond acceptors (Lipinski definition) is 2. The topological polar surface area (TPSA) is 15.3 Å². The lowest BCUT2D eigenvalue weighted by atomic mass is 9.86. The van der Waals surface area contributed by atoms with Crippen LogP contribution in [0.4, 0.5) is 0 Å². The number of nitrogens with one attached hydrogen (secondary N) is 1. The Labute approximate surface area is 118 Å². The Morgan fingerprint density at radius 3 is 2.47 bits per heavy atom. The van der Waals surface area contributed by atoms with E-state index < -0.39 is 0 Å². The van der Waals surface area contributed by atoms with Gasteiger partial charge >= 0.3 is 0 Å². The van der Waals surface area contributed by atoms with E-state index in [1.165, 1.54) is 36.8 Å². The van der Waals surface area contributed by atoms with E-state index in [1.54, 1.807) is 0 Å². The average Bonchev–Trinajstić information content (AvgIpc) is 2.39. The zero-order valence-electron chi connectivity index (χ0n) is 12.7. The third-order valence-electron chi connectivity index (χ3n) is 4.27. The van der Waals surface area contributed by atoms with Crippen LogP contribution in [-0.4, -0.2) is 25.0 Å². The fourth-order valence-corrected chi connectivity index (χ4v) is 3.09. The highest BCUT2D eigenvalue weighted by Gasteiger charge is 2.20. The highest BCUT2D eigenvalue weighted by molar-refractivity contribution is 5.27. The Morgan fingerprint density at radius 1 is 1.11 bits per heavy atom. The Balaban J connectivity index is 1.94. The summed E-state index contributed by atoms with van der Waals surface area (Å²) in [5.41, 5.74) is 2.90. The fraction of sp³-hybridized carbons (Fsp3) is 0.647. The van der Waals surface area contributed by atoms with Crippen LogP contribution in [0.15, 0.2) is 24.3 Å². The highest BCUT2D eigenvalue weighted by Crippen LogP contribution is 2.24. The molecule has 1 aromatic carbocycles. The molecule has 2 nitrogen and oxygen atoms in total. The largest absolute Gasteiger partial charge is 0.310 e. The fourth-order valence-electron chi connectivity index (χ4n) is 3.09. The number of benzene rings is 1. The molecule has 2 atom stereocenters. The van der Waals surface area contributed by atoms with Gasteiger partial charge in [0.25, 0.3) is 0 Å². The Morgan fingerprint density at radius 2 is 1.79 bits per heavy atom. The molecule has 2 unspecified atom stereocenters. The van der Waals surface area contributed by atoms with Gasteiger partial charge in [-0.25, -0.2) is 0 Å². The minimum absolute atomic E-state index is 0.709. The van der Waals surface area contributed by atoms with Crippen molar-refractivity contribution >= 4 is 0 Å². The van der Waals surface area contributed by atoms with Crippen LogP contribution in [0.1, 0.15) is 43.7 Å². The first-order valence-corrected chi connectivity index (χ1v) is 7.61. The molecule has 0 radical (unpaired) electrons. The molecule has 0 aliphatic heterocycles. The first-order chi connectivity index (χ1) is 9.16. The van der Waals surface area contributed by atoms with Gasteiger partial charge in [-0.2, -0.15) is 0 Å². The number of nitrogens with zero attached hydrogens (tertiary/aromatic N) is 1. The van der Waals surface area contributed by atoms with E-state index in [1.807, 2.05) is 0 Å². The van der Waals surface area contributed by atoms with Gasteiger partial charge in [0.1, 0.15) is 0 Å². The standard InChI is InChI=1S/C17H28N2/c1-14-8-4-7-11-17(14)18-12-15-9-5-6-10-16(15)13-19(2)3/h5-6,9-10,14,17-18H,4,7-8,11-13H2,1-3H3. The van der Waals surface area contributed by atoms with Crippen molar-refractivity contribution < 1.29 is 0 Å². The molecule has 1 aliphatic carbocycles. The molecular weight excluding hydrogens is 232 g/mol. The molecule has 0 spiro atoms. The lowest BCUT2D eigenvalue weighted by Crippen LogP contribution is -2.37. The van der Waals surface area contributed by atoms with E-state index in [0.717, 1.165) is 19.0 Å². The molecule has 1 N–H and O–H groups in total. The van der Waals surface area contributed by atoms with Crippen molar-refractivity contribution in [3.8, 4) is 0 Å².